The van der Waals surface area contributed by atoms with E-state index in [1.165, 1.54) is 5.56 Å². The maximum absolute atomic E-state index is 13.4. The van der Waals surface area contributed by atoms with Gasteiger partial charge in [-0.05, 0) is 43.2 Å². The summed E-state index contributed by atoms with van der Waals surface area (Å²) in [6.07, 6.45) is -1.84. The van der Waals surface area contributed by atoms with E-state index in [4.69, 9.17) is 4.74 Å². The number of aryl methyl sites for hydroxylation is 1. The molecule has 29 heavy (non-hydrogen) atoms. The maximum Gasteiger partial charge on any atom is 0.423 e. The fourth-order valence-electron chi connectivity index (χ4n) is 2.93. The van der Waals surface area contributed by atoms with Crippen LogP contribution in [0.15, 0.2) is 60.8 Å². The highest BCUT2D eigenvalue weighted by Gasteiger charge is 2.37. The highest BCUT2D eigenvalue weighted by Crippen LogP contribution is 2.38. The van der Waals surface area contributed by atoms with Crippen LogP contribution in [0.2, 0.25) is 0 Å². The molecular formula is C22H22F3N3O. The molecule has 0 spiro atoms. The van der Waals surface area contributed by atoms with E-state index in [0.29, 0.717) is 6.54 Å². The zero-order valence-electron chi connectivity index (χ0n) is 16.3. The van der Waals surface area contributed by atoms with Crippen LogP contribution in [0.4, 0.5) is 24.8 Å². The van der Waals surface area contributed by atoms with E-state index in [-0.39, 0.29) is 11.7 Å². The number of ether oxygens (including phenoxy) is 1. The largest absolute Gasteiger partial charge is 0.438 e. The second-order valence-electron chi connectivity index (χ2n) is 6.46. The van der Waals surface area contributed by atoms with Crippen LogP contribution in [0.1, 0.15) is 31.4 Å². The van der Waals surface area contributed by atoms with Gasteiger partial charge in [-0.1, -0.05) is 43.7 Å². The first kappa shape index (κ1) is 20.6. The summed E-state index contributed by atoms with van der Waals surface area (Å²) in [6.45, 7) is 4.48. The topological polar surface area (TPSA) is 38.2 Å². The predicted molar refractivity (Wildman–Crippen MR) is 107 cm³/mol. The number of hydrogen-bond donors (Lipinski definition) is 0. The molecule has 4 nitrogen and oxygen atoms in total. The number of alkyl halides is 3. The number of halogens is 3. The fraction of sp³-hybridized carbons (Fsp3) is 0.273. The van der Waals surface area contributed by atoms with Gasteiger partial charge in [0.1, 0.15) is 11.3 Å². The van der Waals surface area contributed by atoms with Gasteiger partial charge in [0.25, 0.3) is 0 Å². The van der Waals surface area contributed by atoms with Crippen LogP contribution in [0.25, 0.3) is 0 Å². The van der Waals surface area contributed by atoms with E-state index in [1.54, 1.807) is 35.2 Å². The average Bonchev–Trinajstić information content (AvgIpc) is 2.70. The number of para-hydroxylation sites is 1. The average molecular weight is 401 g/mol. The third-order valence-electron chi connectivity index (χ3n) is 4.35. The summed E-state index contributed by atoms with van der Waals surface area (Å²) < 4.78 is 45.8. The lowest BCUT2D eigenvalue weighted by atomic mass is 10.1. The smallest absolute Gasteiger partial charge is 0.423 e. The molecule has 152 valence electrons. The number of anilines is 2. The van der Waals surface area contributed by atoms with Gasteiger partial charge < -0.3 is 9.64 Å². The summed E-state index contributed by atoms with van der Waals surface area (Å²) in [7, 11) is 0. The van der Waals surface area contributed by atoms with E-state index in [2.05, 4.69) is 16.9 Å². The zero-order chi connectivity index (χ0) is 20.9. The SMILES string of the molecule is CCCc1ccc(N(CC)c2ncc(C(F)(F)F)c(Oc3ccccc3)n2)cc1. The Labute approximate surface area is 168 Å². The van der Waals surface area contributed by atoms with Crippen molar-refractivity contribution in [2.24, 2.45) is 0 Å². The van der Waals surface area contributed by atoms with E-state index in [9.17, 15) is 13.2 Å². The van der Waals surface area contributed by atoms with Crippen LogP contribution in [0.3, 0.4) is 0 Å². The number of nitrogens with zero attached hydrogens (tertiary/aromatic N) is 3. The monoisotopic (exact) mass is 401 g/mol. The van der Waals surface area contributed by atoms with Gasteiger partial charge in [-0.2, -0.15) is 18.2 Å². The Kier molecular flexibility index (Phi) is 6.36. The van der Waals surface area contributed by atoms with Crippen molar-refractivity contribution >= 4 is 11.6 Å². The molecule has 1 heterocycles. The van der Waals surface area contributed by atoms with E-state index >= 15 is 0 Å². The van der Waals surface area contributed by atoms with Crippen LogP contribution >= 0.6 is 0 Å². The normalized spacial score (nSPS) is 11.3. The van der Waals surface area contributed by atoms with Crippen molar-refractivity contribution < 1.29 is 17.9 Å². The highest BCUT2D eigenvalue weighted by atomic mass is 19.4. The third-order valence-corrected chi connectivity index (χ3v) is 4.35. The second kappa shape index (κ2) is 8.94. The van der Waals surface area contributed by atoms with Crippen molar-refractivity contribution in [2.75, 3.05) is 11.4 Å². The lowest BCUT2D eigenvalue weighted by Gasteiger charge is -2.22. The van der Waals surface area contributed by atoms with Crippen LogP contribution in [-0.4, -0.2) is 16.5 Å². The van der Waals surface area contributed by atoms with Gasteiger partial charge >= 0.3 is 6.18 Å². The molecular weight excluding hydrogens is 379 g/mol. The van der Waals surface area contributed by atoms with Crippen molar-refractivity contribution in [3.8, 4) is 11.6 Å². The quantitative estimate of drug-likeness (QED) is 0.459. The number of rotatable bonds is 7. The fourth-order valence-corrected chi connectivity index (χ4v) is 2.93. The Morgan fingerprint density at radius 1 is 0.966 bits per heavy atom. The van der Waals surface area contributed by atoms with Crippen LogP contribution in [0, 0.1) is 0 Å². The van der Waals surface area contributed by atoms with Crippen molar-refractivity contribution in [3.63, 3.8) is 0 Å². The molecule has 0 amide bonds. The first-order valence-corrected chi connectivity index (χ1v) is 9.46. The molecule has 1 aromatic heterocycles. The van der Waals surface area contributed by atoms with Gasteiger partial charge in [-0.15, -0.1) is 0 Å². The van der Waals surface area contributed by atoms with Crippen molar-refractivity contribution in [1.29, 1.82) is 0 Å². The molecule has 7 heteroatoms. The van der Waals surface area contributed by atoms with Crippen molar-refractivity contribution in [2.45, 2.75) is 32.9 Å². The Morgan fingerprint density at radius 2 is 1.66 bits per heavy atom. The maximum atomic E-state index is 13.4. The highest BCUT2D eigenvalue weighted by molar-refractivity contribution is 5.58. The van der Waals surface area contributed by atoms with Crippen molar-refractivity contribution in [3.05, 3.63) is 71.9 Å². The van der Waals surface area contributed by atoms with Crippen LogP contribution in [-0.2, 0) is 12.6 Å². The molecule has 0 aliphatic rings. The molecule has 0 saturated carbocycles. The minimum Gasteiger partial charge on any atom is -0.438 e. The number of benzene rings is 2. The molecule has 3 rings (SSSR count). The van der Waals surface area contributed by atoms with Gasteiger partial charge in [0.2, 0.25) is 11.8 Å². The lowest BCUT2D eigenvalue weighted by Crippen LogP contribution is -2.20. The number of hydrogen-bond acceptors (Lipinski definition) is 4. The van der Waals surface area contributed by atoms with E-state index < -0.39 is 17.6 Å². The van der Waals surface area contributed by atoms with E-state index in [1.807, 2.05) is 31.2 Å². The molecule has 0 unspecified atom stereocenters. The summed E-state index contributed by atoms with van der Waals surface area (Å²) in [5.74, 6) is -0.0981. The first-order valence-electron chi connectivity index (χ1n) is 9.46. The third kappa shape index (κ3) is 5.04. The molecule has 0 radical (unpaired) electrons. The summed E-state index contributed by atoms with van der Waals surface area (Å²) in [5.41, 5.74) is 0.992. The molecule has 0 atom stereocenters. The molecule has 3 aromatic rings. The summed E-state index contributed by atoms with van der Waals surface area (Å²) >= 11 is 0. The summed E-state index contributed by atoms with van der Waals surface area (Å²) in [6, 6.07) is 16.1. The van der Waals surface area contributed by atoms with E-state index in [0.717, 1.165) is 24.7 Å². The summed E-state index contributed by atoms with van der Waals surface area (Å²) in [5, 5.41) is 0. The predicted octanol–water partition coefficient (Wildman–Crippen LogP) is 6.40. The molecule has 0 saturated heterocycles. The van der Waals surface area contributed by atoms with Gasteiger partial charge in [-0.25, -0.2) is 4.98 Å². The molecule has 2 aromatic carbocycles. The Bertz CT molecular complexity index is 928. The van der Waals surface area contributed by atoms with Gasteiger partial charge in [0.05, 0.1) is 0 Å². The Morgan fingerprint density at radius 3 is 2.24 bits per heavy atom. The zero-order valence-corrected chi connectivity index (χ0v) is 16.3. The first-order chi connectivity index (χ1) is 13.9. The molecule has 0 fully saturated rings. The lowest BCUT2D eigenvalue weighted by molar-refractivity contribution is -0.139. The van der Waals surface area contributed by atoms with Crippen molar-refractivity contribution in [1.82, 2.24) is 9.97 Å². The van der Waals surface area contributed by atoms with Crippen LogP contribution in [0.5, 0.6) is 11.6 Å². The minimum atomic E-state index is -4.62. The van der Waals surface area contributed by atoms with Gasteiger partial charge in [-0.3, -0.25) is 0 Å². The Hall–Kier alpha value is -3.09. The van der Waals surface area contributed by atoms with Gasteiger partial charge in [0, 0.05) is 18.4 Å². The minimum absolute atomic E-state index is 0.148. The molecule has 0 aliphatic carbocycles. The van der Waals surface area contributed by atoms with Crippen LogP contribution < -0.4 is 9.64 Å². The Balaban J connectivity index is 1.98. The molecule has 0 aliphatic heterocycles. The van der Waals surface area contributed by atoms with Gasteiger partial charge in [0.15, 0.2) is 0 Å². The molecule has 0 bridgehead atoms. The molecule has 0 N–H and O–H groups in total. The number of aromatic nitrogens is 2. The second-order valence-corrected chi connectivity index (χ2v) is 6.46. The standard InChI is InChI=1S/C22H22F3N3O/c1-3-8-16-11-13-17(14-12-16)28(4-2)21-26-15-19(22(23,24)25)20(27-21)29-18-9-6-5-7-10-18/h5-7,9-15H,3-4,8H2,1-2H3. The summed E-state index contributed by atoms with van der Waals surface area (Å²) in [4.78, 5) is 9.83.